The zero-order valence-corrected chi connectivity index (χ0v) is 19.7. The topological polar surface area (TPSA) is 171 Å². The molecular formula is C24H33N5O6. The molecule has 0 aliphatic carbocycles. The zero-order valence-electron chi connectivity index (χ0n) is 19.7. The predicted molar refractivity (Wildman–Crippen MR) is 131 cm³/mol. The van der Waals surface area contributed by atoms with Crippen LogP contribution in [0, 0.1) is 0 Å². The second kappa shape index (κ2) is 16.3. The van der Waals surface area contributed by atoms with Crippen molar-refractivity contribution in [3.8, 4) is 0 Å². The molecule has 0 saturated carbocycles. The number of amides is 1. The van der Waals surface area contributed by atoms with Crippen LogP contribution >= 0.6 is 0 Å². The molecule has 0 spiro atoms. The molecule has 35 heavy (non-hydrogen) atoms. The molecular weight excluding hydrogens is 454 g/mol. The Balaban J connectivity index is 1.65. The Hall–Kier alpha value is -3.38. The lowest BCUT2D eigenvalue weighted by atomic mass is 10.0. The molecule has 0 unspecified atom stereocenters. The van der Waals surface area contributed by atoms with Crippen LogP contribution in [-0.4, -0.2) is 80.4 Å². The Bertz CT molecular complexity index is 934. The summed E-state index contributed by atoms with van der Waals surface area (Å²) in [4.78, 5) is 27.6. The normalized spacial score (nSPS) is 11.4. The summed E-state index contributed by atoms with van der Waals surface area (Å²) in [6, 6.07) is 9.39. The number of carboxylic acid groups (broad SMARTS) is 1. The molecule has 1 aromatic heterocycles. The predicted octanol–water partition coefficient (Wildman–Crippen LogP) is 1.01. The van der Waals surface area contributed by atoms with Gasteiger partial charge in [0.25, 0.3) is 5.91 Å². The van der Waals surface area contributed by atoms with Gasteiger partial charge in [-0.05, 0) is 43.7 Å². The monoisotopic (exact) mass is 487 g/mol. The molecule has 2 rings (SSSR count). The van der Waals surface area contributed by atoms with Crippen LogP contribution in [0.2, 0.25) is 0 Å². The number of benzene rings is 1. The second-order valence-corrected chi connectivity index (χ2v) is 7.38. The van der Waals surface area contributed by atoms with E-state index in [1.807, 2.05) is 0 Å². The molecule has 2 aromatic rings. The minimum atomic E-state index is -1.02. The number of nitrogens with zero attached hydrogens (tertiary/aromatic N) is 2. The van der Waals surface area contributed by atoms with Crippen molar-refractivity contribution in [3.63, 3.8) is 0 Å². The van der Waals surface area contributed by atoms with Crippen LogP contribution in [0.3, 0.4) is 0 Å². The van der Waals surface area contributed by atoms with Gasteiger partial charge in [-0.1, -0.05) is 12.1 Å². The quantitative estimate of drug-likeness (QED) is 0.110. The molecule has 0 atom stereocenters. The fraction of sp³-hybridized carbons (Fsp3) is 0.417. The molecule has 0 radical (unpaired) electrons. The highest BCUT2D eigenvalue weighted by Gasteiger charge is 2.12. The smallest absolute Gasteiger partial charge is 0.335 e. The number of nitrogens with two attached hydrogens (primary N) is 2. The van der Waals surface area contributed by atoms with Gasteiger partial charge in [0.05, 0.1) is 43.2 Å². The third-order valence-electron chi connectivity index (χ3n) is 4.79. The summed E-state index contributed by atoms with van der Waals surface area (Å²) in [6.07, 6.45) is 2.95. The van der Waals surface area contributed by atoms with Crippen molar-refractivity contribution < 1.29 is 28.9 Å². The molecule has 1 amide bonds. The first kappa shape index (κ1) is 27.9. The van der Waals surface area contributed by atoms with Gasteiger partial charge in [0.1, 0.15) is 5.71 Å². The lowest BCUT2D eigenvalue weighted by Crippen LogP contribution is -2.25. The zero-order chi connectivity index (χ0) is 25.3. The molecule has 0 aliphatic heterocycles. The van der Waals surface area contributed by atoms with Gasteiger partial charge in [-0.25, -0.2) is 4.79 Å². The van der Waals surface area contributed by atoms with Crippen LogP contribution in [0.25, 0.3) is 0 Å². The largest absolute Gasteiger partial charge is 0.478 e. The summed E-state index contributed by atoms with van der Waals surface area (Å²) in [5.74, 6) is 4.25. The third kappa shape index (κ3) is 10.2. The number of carbonyl (C=O) groups is 2. The van der Waals surface area contributed by atoms with Crippen molar-refractivity contribution in [1.29, 1.82) is 0 Å². The van der Waals surface area contributed by atoms with Gasteiger partial charge >= 0.3 is 5.97 Å². The van der Waals surface area contributed by atoms with E-state index >= 15 is 0 Å². The third-order valence-corrected chi connectivity index (χ3v) is 4.79. The van der Waals surface area contributed by atoms with E-state index in [-0.39, 0.29) is 11.5 Å². The van der Waals surface area contributed by atoms with Gasteiger partial charge in [-0.2, -0.15) is 5.10 Å². The number of pyridine rings is 1. The summed E-state index contributed by atoms with van der Waals surface area (Å²) in [5, 5.41) is 15.6. The number of ether oxygens (including phenoxy) is 3. The number of rotatable bonds is 17. The summed E-state index contributed by atoms with van der Waals surface area (Å²) in [6.45, 7) is 4.27. The number of nitrogens with one attached hydrogen (secondary N) is 1. The Morgan fingerprint density at radius 2 is 1.43 bits per heavy atom. The van der Waals surface area contributed by atoms with Gasteiger partial charge in [-0.3, -0.25) is 9.78 Å². The first-order valence-electron chi connectivity index (χ1n) is 11.4. The number of carboxylic acids is 1. The Morgan fingerprint density at radius 3 is 1.97 bits per heavy atom. The molecule has 11 nitrogen and oxygen atoms in total. The maximum atomic E-state index is 12.3. The highest BCUT2D eigenvalue weighted by molar-refractivity contribution is 6.12. The van der Waals surface area contributed by atoms with E-state index in [9.17, 15) is 9.59 Å². The van der Waals surface area contributed by atoms with Gasteiger partial charge in [0, 0.05) is 31.5 Å². The van der Waals surface area contributed by atoms with Gasteiger partial charge in [0.15, 0.2) is 0 Å². The fourth-order valence-corrected chi connectivity index (χ4v) is 2.93. The van der Waals surface area contributed by atoms with Crippen molar-refractivity contribution in [3.05, 3.63) is 65.0 Å². The van der Waals surface area contributed by atoms with Crippen molar-refractivity contribution in [2.24, 2.45) is 16.7 Å². The molecule has 0 bridgehead atoms. The lowest BCUT2D eigenvalue weighted by Gasteiger charge is -2.08. The van der Waals surface area contributed by atoms with Crippen molar-refractivity contribution >= 4 is 17.6 Å². The molecule has 1 aromatic carbocycles. The van der Waals surface area contributed by atoms with E-state index in [2.05, 4.69) is 15.4 Å². The Morgan fingerprint density at radius 1 is 0.857 bits per heavy atom. The maximum Gasteiger partial charge on any atom is 0.335 e. The first-order chi connectivity index (χ1) is 17.1. The van der Waals surface area contributed by atoms with Crippen LogP contribution in [0.1, 0.15) is 44.8 Å². The van der Waals surface area contributed by atoms with E-state index in [0.29, 0.717) is 81.7 Å². The number of hydrogen-bond donors (Lipinski definition) is 4. The van der Waals surface area contributed by atoms with E-state index in [1.165, 1.54) is 18.3 Å². The van der Waals surface area contributed by atoms with Crippen LogP contribution < -0.4 is 16.9 Å². The van der Waals surface area contributed by atoms with Gasteiger partial charge in [-0.15, -0.1) is 0 Å². The molecule has 0 fully saturated rings. The highest BCUT2D eigenvalue weighted by Crippen LogP contribution is 2.11. The minimum absolute atomic E-state index is 0.156. The SMILES string of the molecule is NCCCOCCOCCOCCCNC(=O)c1ccc(C(=NN)c2ccc(C(=O)O)cc2)nc1. The minimum Gasteiger partial charge on any atom is -0.478 e. The summed E-state index contributed by atoms with van der Waals surface area (Å²) in [7, 11) is 0. The van der Waals surface area contributed by atoms with Crippen LogP contribution in [-0.2, 0) is 14.2 Å². The van der Waals surface area contributed by atoms with Crippen molar-refractivity contribution in [1.82, 2.24) is 10.3 Å². The lowest BCUT2D eigenvalue weighted by molar-refractivity contribution is 0.0141. The average molecular weight is 488 g/mol. The fourth-order valence-electron chi connectivity index (χ4n) is 2.93. The van der Waals surface area contributed by atoms with E-state index in [1.54, 1.807) is 24.3 Å². The molecule has 1 heterocycles. The summed E-state index contributed by atoms with van der Waals surface area (Å²) >= 11 is 0. The average Bonchev–Trinajstić information content (AvgIpc) is 2.88. The molecule has 11 heteroatoms. The molecule has 0 aliphatic rings. The number of aromatic nitrogens is 1. The number of hydrazone groups is 1. The standard InChI is InChI=1S/C24H33N5O6/c25-9-1-11-33-13-15-35-16-14-34-12-2-10-27-23(30)20-7-8-21(28-17-20)22(29-26)18-3-5-19(6-4-18)24(31)32/h3-8,17H,1-2,9-16,25-26H2,(H,27,30)(H,31,32). The van der Waals surface area contributed by atoms with E-state index < -0.39 is 5.97 Å². The highest BCUT2D eigenvalue weighted by atomic mass is 16.5. The van der Waals surface area contributed by atoms with E-state index in [4.69, 9.17) is 30.9 Å². The van der Waals surface area contributed by atoms with Crippen LogP contribution in [0.4, 0.5) is 0 Å². The maximum absolute atomic E-state index is 12.3. The number of carbonyl (C=O) groups excluding carboxylic acids is 1. The van der Waals surface area contributed by atoms with Gasteiger partial charge < -0.3 is 36.2 Å². The number of hydrogen-bond acceptors (Lipinski definition) is 9. The van der Waals surface area contributed by atoms with Gasteiger partial charge in [0.2, 0.25) is 0 Å². The summed E-state index contributed by atoms with van der Waals surface area (Å²) < 4.78 is 16.2. The Labute approximate surface area is 204 Å². The second-order valence-electron chi connectivity index (χ2n) is 7.38. The molecule has 6 N–H and O–H groups in total. The Kier molecular flexibility index (Phi) is 13.0. The first-order valence-corrected chi connectivity index (χ1v) is 11.4. The van der Waals surface area contributed by atoms with Crippen LogP contribution in [0.15, 0.2) is 47.7 Å². The van der Waals surface area contributed by atoms with Crippen LogP contribution in [0.5, 0.6) is 0 Å². The van der Waals surface area contributed by atoms with Crippen molar-refractivity contribution in [2.75, 3.05) is 52.7 Å². The van der Waals surface area contributed by atoms with E-state index in [0.717, 1.165) is 6.42 Å². The molecule has 190 valence electrons. The van der Waals surface area contributed by atoms with Crippen molar-refractivity contribution in [2.45, 2.75) is 12.8 Å². The number of aromatic carboxylic acids is 1. The molecule has 0 saturated heterocycles. The summed E-state index contributed by atoms with van der Waals surface area (Å²) in [5.41, 5.74) is 7.39.